The number of ether oxygens (including phenoxy) is 1. The molecule has 0 fully saturated rings. The third-order valence-corrected chi connectivity index (χ3v) is 2.70. The lowest BCUT2D eigenvalue weighted by molar-refractivity contribution is -0.139. The highest BCUT2D eigenvalue weighted by molar-refractivity contribution is 6.29. The van der Waals surface area contributed by atoms with E-state index in [0.29, 0.717) is 11.3 Å². The van der Waals surface area contributed by atoms with Crippen LogP contribution in [0.2, 0.25) is 5.15 Å². The summed E-state index contributed by atoms with van der Waals surface area (Å²) < 4.78 is 5.10. The fraction of sp³-hybridized carbons (Fsp3) is 0.0714. The number of anilines is 1. The van der Waals surface area contributed by atoms with Crippen molar-refractivity contribution in [2.75, 3.05) is 11.9 Å². The lowest BCUT2D eigenvalue weighted by Crippen LogP contribution is -2.15. The predicted octanol–water partition coefficient (Wildman–Crippen LogP) is 2.45. The van der Waals surface area contributed by atoms with Gasteiger partial charge in [0.2, 0.25) is 0 Å². The minimum absolute atomic E-state index is 0.273. The molecule has 0 spiro atoms. The van der Waals surface area contributed by atoms with Gasteiger partial charge in [-0.1, -0.05) is 23.7 Å². The Morgan fingerprint density at radius 1 is 1.24 bits per heavy atom. The van der Waals surface area contributed by atoms with Gasteiger partial charge < -0.3 is 15.2 Å². The molecule has 7 heteroatoms. The molecule has 1 aromatic carbocycles. The van der Waals surface area contributed by atoms with Crippen molar-refractivity contribution in [2.45, 2.75) is 0 Å². The average Bonchev–Trinajstić information content (AvgIpc) is 2.47. The number of benzene rings is 1. The number of nitrogens with one attached hydrogen (secondary N) is 1. The second kappa shape index (κ2) is 6.71. The second-order valence-corrected chi connectivity index (χ2v) is 4.39. The number of pyridine rings is 1. The van der Waals surface area contributed by atoms with E-state index in [1.165, 1.54) is 18.3 Å². The Balaban J connectivity index is 2.13. The van der Waals surface area contributed by atoms with E-state index in [2.05, 4.69) is 10.3 Å². The van der Waals surface area contributed by atoms with E-state index in [1.807, 2.05) is 0 Å². The van der Waals surface area contributed by atoms with Crippen LogP contribution < -0.4 is 10.1 Å². The summed E-state index contributed by atoms with van der Waals surface area (Å²) in [6.07, 6.45) is 1.35. The van der Waals surface area contributed by atoms with E-state index in [4.69, 9.17) is 21.4 Å². The molecule has 2 N–H and O–H groups in total. The van der Waals surface area contributed by atoms with Crippen molar-refractivity contribution in [3.05, 3.63) is 53.3 Å². The highest BCUT2D eigenvalue weighted by atomic mass is 35.5. The SMILES string of the molecule is O=C(O)COc1ccccc1NC(=O)c1ccc(Cl)nc1. The number of carbonyl (C=O) groups is 2. The zero-order valence-electron chi connectivity index (χ0n) is 10.7. The first kappa shape index (κ1) is 14.8. The van der Waals surface area contributed by atoms with Crippen LogP contribution in [0.4, 0.5) is 5.69 Å². The Morgan fingerprint density at radius 2 is 2.00 bits per heavy atom. The number of para-hydroxylation sites is 2. The van der Waals surface area contributed by atoms with Crippen molar-refractivity contribution in [3.63, 3.8) is 0 Å². The number of hydrogen-bond donors (Lipinski definition) is 2. The van der Waals surface area contributed by atoms with Crippen LogP contribution in [0.15, 0.2) is 42.6 Å². The molecule has 0 aliphatic carbocycles. The first-order valence-electron chi connectivity index (χ1n) is 5.93. The molecule has 0 bridgehead atoms. The topological polar surface area (TPSA) is 88.5 Å². The maximum atomic E-state index is 12.0. The Kier molecular flexibility index (Phi) is 4.73. The zero-order valence-corrected chi connectivity index (χ0v) is 11.5. The molecular formula is C14H11ClN2O4. The second-order valence-electron chi connectivity index (χ2n) is 4.00. The Morgan fingerprint density at radius 3 is 2.67 bits per heavy atom. The lowest BCUT2D eigenvalue weighted by atomic mass is 10.2. The summed E-state index contributed by atoms with van der Waals surface area (Å²) in [6.45, 7) is -0.491. The van der Waals surface area contributed by atoms with E-state index in [-0.39, 0.29) is 10.9 Å². The van der Waals surface area contributed by atoms with Gasteiger partial charge in [-0.25, -0.2) is 9.78 Å². The van der Waals surface area contributed by atoms with Crippen molar-refractivity contribution in [1.29, 1.82) is 0 Å². The fourth-order valence-electron chi connectivity index (χ4n) is 1.54. The molecule has 1 heterocycles. The largest absolute Gasteiger partial charge is 0.480 e. The standard InChI is InChI=1S/C14H11ClN2O4/c15-12-6-5-9(7-16-12)14(20)17-10-3-1-2-4-11(10)21-8-13(18)19/h1-7H,8H2,(H,17,20)(H,18,19). The van der Waals surface area contributed by atoms with Gasteiger partial charge in [0.1, 0.15) is 10.9 Å². The van der Waals surface area contributed by atoms with Gasteiger partial charge in [0.05, 0.1) is 11.3 Å². The van der Waals surface area contributed by atoms with Crippen LogP contribution in [0, 0.1) is 0 Å². The molecule has 1 aromatic heterocycles. The third-order valence-electron chi connectivity index (χ3n) is 2.48. The van der Waals surface area contributed by atoms with Crippen molar-refractivity contribution in [2.24, 2.45) is 0 Å². The van der Waals surface area contributed by atoms with E-state index in [9.17, 15) is 9.59 Å². The van der Waals surface area contributed by atoms with Gasteiger partial charge in [-0.15, -0.1) is 0 Å². The van der Waals surface area contributed by atoms with E-state index < -0.39 is 18.5 Å². The van der Waals surface area contributed by atoms with Crippen molar-refractivity contribution < 1.29 is 19.4 Å². The summed E-state index contributed by atoms with van der Waals surface area (Å²) in [5.41, 5.74) is 0.700. The predicted molar refractivity (Wildman–Crippen MR) is 76.8 cm³/mol. The van der Waals surface area contributed by atoms with Crippen LogP contribution in [-0.2, 0) is 4.79 Å². The van der Waals surface area contributed by atoms with E-state index >= 15 is 0 Å². The maximum absolute atomic E-state index is 12.0. The van der Waals surface area contributed by atoms with Gasteiger partial charge in [-0.2, -0.15) is 0 Å². The van der Waals surface area contributed by atoms with Crippen molar-refractivity contribution in [3.8, 4) is 5.75 Å². The minimum Gasteiger partial charge on any atom is -0.480 e. The average molecular weight is 307 g/mol. The molecule has 108 valence electrons. The maximum Gasteiger partial charge on any atom is 0.341 e. The third kappa shape index (κ3) is 4.19. The van der Waals surface area contributed by atoms with Gasteiger partial charge in [0.15, 0.2) is 6.61 Å². The van der Waals surface area contributed by atoms with Gasteiger partial charge >= 0.3 is 5.97 Å². The van der Waals surface area contributed by atoms with E-state index in [1.54, 1.807) is 24.3 Å². The molecule has 2 rings (SSSR count). The summed E-state index contributed by atoms with van der Waals surface area (Å²) >= 11 is 5.65. The molecule has 1 amide bonds. The van der Waals surface area contributed by atoms with Crippen LogP contribution in [0.5, 0.6) is 5.75 Å². The van der Waals surface area contributed by atoms with E-state index in [0.717, 1.165) is 0 Å². The molecule has 0 radical (unpaired) electrons. The summed E-state index contributed by atoms with van der Waals surface area (Å²) in [5.74, 6) is -1.22. The van der Waals surface area contributed by atoms with Gasteiger partial charge in [0.25, 0.3) is 5.91 Å². The first-order chi connectivity index (χ1) is 10.1. The molecule has 0 atom stereocenters. The molecule has 21 heavy (non-hydrogen) atoms. The number of aliphatic carboxylic acids is 1. The first-order valence-corrected chi connectivity index (χ1v) is 6.30. The van der Waals surface area contributed by atoms with Crippen LogP contribution in [0.1, 0.15) is 10.4 Å². The summed E-state index contributed by atoms with van der Waals surface area (Å²) in [7, 11) is 0. The molecule has 0 saturated carbocycles. The number of hydrogen-bond acceptors (Lipinski definition) is 4. The van der Waals surface area contributed by atoms with Gasteiger partial charge in [-0.05, 0) is 24.3 Å². The minimum atomic E-state index is -1.10. The summed E-state index contributed by atoms with van der Waals surface area (Å²) in [4.78, 5) is 26.4. The molecule has 0 unspecified atom stereocenters. The fourth-order valence-corrected chi connectivity index (χ4v) is 1.65. The molecule has 0 aliphatic heterocycles. The Labute approximate surface area is 125 Å². The molecular weight excluding hydrogens is 296 g/mol. The lowest BCUT2D eigenvalue weighted by Gasteiger charge is -2.11. The number of carboxylic acid groups (broad SMARTS) is 1. The van der Waals surface area contributed by atoms with Crippen LogP contribution >= 0.6 is 11.6 Å². The Bertz CT molecular complexity index is 658. The van der Waals surface area contributed by atoms with Gasteiger partial charge in [0, 0.05) is 6.20 Å². The molecule has 6 nitrogen and oxygen atoms in total. The smallest absolute Gasteiger partial charge is 0.341 e. The number of halogens is 1. The van der Waals surface area contributed by atoms with Gasteiger partial charge in [-0.3, -0.25) is 4.79 Å². The number of amides is 1. The monoisotopic (exact) mass is 306 g/mol. The van der Waals surface area contributed by atoms with Crippen LogP contribution in [0.25, 0.3) is 0 Å². The zero-order chi connectivity index (χ0) is 15.2. The highest BCUT2D eigenvalue weighted by Gasteiger charge is 2.11. The number of nitrogens with zero attached hydrogens (tertiary/aromatic N) is 1. The molecule has 0 aliphatic rings. The van der Waals surface area contributed by atoms with Crippen LogP contribution in [-0.4, -0.2) is 28.6 Å². The highest BCUT2D eigenvalue weighted by Crippen LogP contribution is 2.24. The number of carbonyl (C=O) groups excluding carboxylic acids is 1. The van der Waals surface area contributed by atoms with Crippen molar-refractivity contribution >= 4 is 29.2 Å². The molecule has 0 saturated heterocycles. The summed E-state index contributed by atoms with van der Waals surface area (Å²) in [6, 6.07) is 9.59. The summed E-state index contributed by atoms with van der Waals surface area (Å²) in [5, 5.41) is 11.5. The number of rotatable bonds is 5. The normalized spacial score (nSPS) is 9.95. The Hall–Kier alpha value is -2.60. The quantitative estimate of drug-likeness (QED) is 0.828. The van der Waals surface area contributed by atoms with Crippen molar-refractivity contribution in [1.82, 2.24) is 4.98 Å². The molecule has 2 aromatic rings. The number of carboxylic acids is 1. The number of aromatic nitrogens is 1. The van der Waals surface area contributed by atoms with Crippen LogP contribution in [0.3, 0.4) is 0 Å².